The molecule has 1 fully saturated rings. The minimum Gasteiger partial charge on any atom is -0.497 e. The number of H-pyrrole nitrogens is 1. The van der Waals surface area contributed by atoms with Gasteiger partial charge in [-0.2, -0.15) is 0 Å². The molecule has 0 bridgehead atoms. The zero-order valence-corrected chi connectivity index (χ0v) is 15.6. The van der Waals surface area contributed by atoms with E-state index in [2.05, 4.69) is 16.0 Å². The molecule has 2 heterocycles. The largest absolute Gasteiger partial charge is 0.497 e. The number of nitrogens with zero attached hydrogens (tertiary/aromatic N) is 2. The molecule has 26 heavy (non-hydrogen) atoms. The number of hydrogen-bond donors (Lipinski definition) is 1. The van der Waals surface area contributed by atoms with Crippen molar-refractivity contribution in [1.82, 2.24) is 4.90 Å². The van der Waals surface area contributed by atoms with E-state index in [9.17, 15) is 4.79 Å². The van der Waals surface area contributed by atoms with Crippen LogP contribution in [0, 0.1) is 0 Å². The van der Waals surface area contributed by atoms with Crippen molar-refractivity contribution in [3.8, 4) is 5.75 Å². The maximum atomic E-state index is 12.6. The topological polar surface area (TPSA) is 51.4 Å². The van der Waals surface area contributed by atoms with Gasteiger partial charge in [-0.1, -0.05) is 18.2 Å². The van der Waals surface area contributed by atoms with Crippen molar-refractivity contribution >= 4 is 11.7 Å². The number of hydrogen-bond acceptors (Lipinski definition) is 3. The van der Waals surface area contributed by atoms with Crippen molar-refractivity contribution in [3.05, 3.63) is 54.2 Å². The molecule has 0 radical (unpaired) electrons. The quantitative estimate of drug-likeness (QED) is 0.785. The third kappa shape index (κ3) is 4.73. The van der Waals surface area contributed by atoms with E-state index in [1.54, 1.807) is 7.11 Å². The molecule has 0 aliphatic carbocycles. The van der Waals surface area contributed by atoms with Gasteiger partial charge in [0.1, 0.15) is 31.9 Å². The van der Waals surface area contributed by atoms with E-state index in [4.69, 9.17) is 4.74 Å². The number of methoxy groups -OCH3 is 1. The van der Waals surface area contributed by atoms with Gasteiger partial charge in [0.25, 0.3) is 11.7 Å². The molecule has 1 saturated heterocycles. The first-order valence-corrected chi connectivity index (χ1v) is 9.08. The fraction of sp³-hybridized carbons (Fsp3) is 0.400. The van der Waals surface area contributed by atoms with Crippen LogP contribution in [-0.4, -0.2) is 57.7 Å². The molecule has 2 N–H and O–H groups in total. The maximum absolute atomic E-state index is 12.6. The predicted octanol–water partition coefficient (Wildman–Crippen LogP) is -0.127. The molecule has 0 atom stereocenters. The zero-order valence-electron chi connectivity index (χ0n) is 15.6. The van der Waals surface area contributed by atoms with Crippen LogP contribution in [0.25, 0.3) is 0 Å². The molecule has 0 unspecified atom stereocenters. The number of quaternary nitrogens is 1. The lowest BCUT2D eigenvalue weighted by atomic mass is 10.2. The normalized spacial score (nSPS) is 14.9. The highest BCUT2D eigenvalue weighted by atomic mass is 16.5. The lowest BCUT2D eigenvalue weighted by molar-refractivity contribution is -0.892. The van der Waals surface area contributed by atoms with Crippen molar-refractivity contribution in [2.24, 2.45) is 0 Å². The monoisotopic (exact) mass is 356 g/mol. The molecule has 2 aromatic rings. The number of ether oxygens (including phenoxy) is 1. The van der Waals surface area contributed by atoms with E-state index in [1.807, 2.05) is 54.5 Å². The van der Waals surface area contributed by atoms with E-state index in [0.717, 1.165) is 43.3 Å². The van der Waals surface area contributed by atoms with Crippen LogP contribution < -0.4 is 19.5 Å². The van der Waals surface area contributed by atoms with Crippen LogP contribution in [0.1, 0.15) is 5.56 Å². The van der Waals surface area contributed by atoms with Crippen molar-refractivity contribution in [2.45, 2.75) is 6.54 Å². The molecule has 3 rings (SSSR count). The summed E-state index contributed by atoms with van der Waals surface area (Å²) in [4.78, 5) is 21.3. The van der Waals surface area contributed by atoms with Crippen molar-refractivity contribution in [2.75, 3.05) is 51.8 Å². The average molecular weight is 356 g/mol. The standard InChI is InChI=1S/C20H26N4O2/c1-22(15-17-6-8-18(26-2)9-7-17)20(25)16-23-11-13-24(14-12-23)19-5-3-4-10-21-19/h3-10H,11-16H2,1-2H3/p+2. The molecular formula is C20H28N4O2+2. The predicted molar refractivity (Wildman–Crippen MR) is 100 cm³/mol. The highest BCUT2D eigenvalue weighted by molar-refractivity contribution is 5.76. The Morgan fingerprint density at radius 1 is 1.19 bits per heavy atom. The Bertz CT molecular complexity index is 698. The number of rotatable bonds is 6. The molecule has 138 valence electrons. The van der Waals surface area contributed by atoms with Gasteiger partial charge in [-0.25, -0.2) is 4.98 Å². The Hall–Kier alpha value is -2.60. The first-order chi connectivity index (χ1) is 12.7. The van der Waals surface area contributed by atoms with Crippen molar-refractivity contribution < 1.29 is 19.4 Å². The smallest absolute Gasteiger partial charge is 0.277 e. The molecular weight excluding hydrogens is 328 g/mol. The van der Waals surface area contributed by atoms with E-state index in [1.165, 1.54) is 4.90 Å². The number of pyridine rings is 1. The van der Waals surface area contributed by atoms with Gasteiger partial charge in [-0.15, -0.1) is 0 Å². The second-order valence-corrected chi connectivity index (χ2v) is 6.76. The Labute approximate surface area is 155 Å². The fourth-order valence-corrected chi connectivity index (χ4v) is 3.26. The van der Waals surface area contributed by atoms with Crippen molar-refractivity contribution in [3.63, 3.8) is 0 Å². The molecule has 1 aromatic carbocycles. The number of amides is 1. The number of benzene rings is 1. The SMILES string of the molecule is COc1ccc(CN(C)C(=O)C[NH+]2CCN(c3cccc[nH+]3)CC2)cc1. The van der Waals surface area contributed by atoms with E-state index < -0.39 is 0 Å². The number of anilines is 1. The summed E-state index contributed by atoms with van der Waals surface area (Å²) in [7, 11) is 3.53. The van der Waals surface area contributed by atoms with Crippen molar-refractivity contribution in [1.29, 1.82) is 0 Å². The van der Waals surface area contributed by atoms with E-state index >= 15 is 0 Å². The van der Waals surface area contributed by atoms with Gasteiger partial charge < -0.3 is 14.5 Å². The van der Waals surface area contributed by atoms with Crippen LogP contribution in [0.4, 0.5) is 5.82 Å². The summed E-state index contributed by atoms with van der Waals surface area (Å²) >= 11 is 0. The minimum atomic E-state index is 0.190. The summed E-state index contributed by atoms with van der Waals surface area (Å²) in [6.45, 7) is 5.06. The van der Waals surface area contributed by atoms with Gasteiger partial charge in [0.15, 0.2) is 6.54 Å². The van der Waals surface area contributed by atoms with Gasteiger partial charge >= 0.3 is 0 Å². The Kier molecular flexibility index (Phi) is 6.07. The molecule has 6 nitrogen and oxygen atoms in total. The van der Waals surface area contributed by atoms with E-state index in [0.29, 0.717) is 13.1 Å². The molecule has 0 saturated carbocycles. The highest BCUT2D eigenvalue weighted by Gasteiger charge is 2.27. The fourth-order valence-electron chi connectivity index (χ4n) is 3.26. The molecule has 6 heteroatoms. The number of likely N-dealkylation sites (N-methyl/N-ethyl adjacent to an activating group) is 1. The number of nitrogens with one attached hydrogen (secondary N) is 2. The molecule has 0 spiro atoms. The minimum absolute atomic E-state index is 0.190. The summed E-state index contributed by atoms with van der Waals surface area (Å²) in [5.41, 5.74) is 1.11. The van der Waals surface area contributed by atoms with E-state index in [-0.39, 0.29) is 5.91 Å². The second kappa shape index (κ2) is 8.67. The number of carbonyl (C=O) groups excluding carboxylic acids is 1. The molecule has 1 aliphatic rings. The Morgan fingerprint density at radius 3 is 2.54 bits per heavy atom. The summed E-state index contributed by atoms with van der Waals surface area (Å²) in [5.74, 6) is 2.17. The van der Waals surface area contributed by atoms with Gasteiger partial charge in [0, 0.05) is 19.7 Å². The van der Waals surface area contributed by atoms with Crippen LogP contribution in [0.15, 0.2) is 48.7 Å². The van der Waals surface area contributed by atoms with Crippen LogP contribution in [0.2, 0.25) is 0 Å². The van der Waals surface area contributed by atoms with Gasteiger partial charge in [-0.05, 0) is 23.8 Å². The lowest BCUT2D eigenvalue weighted by Gasteiger charge is -2.29. The van der Waals surface area contributed by atoms with Gasteiger partial charge in [-0.3, -0.25) is 9.69 Å². The summed E-state index contributed by atoms with van der Waals surface area (Å²) < 4.78 is 5.17. The lowest BCUT2D eigenvalue weighted by Crippen LogP contribution is -3.15. The highest BCUT2D eigenvalue weighted by Crippen LogP contribution is 2.12. The average Bonchev–Trinajstić information content (AvgIpc) is 2.70. The second-order valence-electron chi connectivity index (χ2n) is 6.76. The first kappa shape index (κ1) is 18.2. The Morgan fingerprint density at radius 2 is 1.92 bits per heavy atom. The summed E-state index contributed by atoms with van der Waals surface area (Å²) in [5, 5.41) is 0. The zero-order chi connectivity index (χ0) is 18.4. The number of aromatic nitrogens is 1. The van der Waals surface area contributed by atoms with Gasteiger partial charge in [0.2, 0.25) is 0 Å². The number of carbonyl (C=O) groups is 1. The number of aromatic amines is 1. The summed E-state index contributed by atoms with van der Waals surface area (Å²) in [6, 6.07) is 14.0. The Balaban J connectivity index is 1.46. The third-order valence-electron chi connectivity index (χ3n) is 4.91. The van der Waals surface area contributed by atoms with Crippen LogP contribution in [-0.2, 0) is 11.3 Å². The number of piperazine rings is 1. The third-order valence-corrected chi connectivity index (χ3v) is 4.91. The maximum Gasteiger partial charge on any atom is 0.277 e. The van der Waals surface area contributed by atoms with Crippen LogP contribution in [0.5, 0.6) is 5.75 Å². The first-order valence-electron chi connectivity index (χ1n) is 9.08. The molecule has 1 aromatic heterocycles. The molecule has 1 aliphatic heterocycles. The van der Waals surface area contributed by atoms with Crippen LogP contribution >= 0.6 is 0 Å². The molecule has 1 amide bonds. The summed E-state index contributed by atoms with van der Waals surface area (Å²) in [6.07, 6.45) is 1.95. The van der Waals surface area contributed by atoms with Gasteiger partial charge in [0.05, 0.1) is 13.3 Å². The van der Waals surface area contributed by atoms with Crippen LogP contribution in [0.3, 0.4) is 0 Å².